The van der Waals surface area contributed by atoms with E-state index in [4.69, 9.17) is 27.9 Å². The van der Waals surface area contributed by atoms with E-state index >= 15 is 0 Å². The van der Waals surface area contributed by atoms with Gasteiger partial charge in [-0.25, -0.2) is 0 Å². The number of hydrogen-bond donors (Lipinski definition) is 0. The number of carbonyl (C=O) groups is 1. The topological polar surface area (TPSA) is 29.5 Å². The van der Waals surface area contributed by atoms with E-state index in [2.05, 4.69) is 22.6 Å². The van der Waals surface area contributed by atoms with Crippen LogP contribution in [0.1, 0.15) is 24.2 Å². The summed E-state index contributed by atoms with van der Waals surface area (Å²) in [6.45, 7) is 5.10. The molecule has 0 saturated carbocycles. The number of amides is 1. The van der Waals surface area contributed by atoms with Crippen LogP contribution in [-0.4, -0.2) is 36.1 Å². The molecule has 0 aliphatic carbocycles. The zero-order valence-corrected chi connectivity index (χ0v) is 14.3. The molecule has 1 amide bonds. The SMILES string of the molecule is C[C@@H]1CN(C(=O)c2cc(Cl)cc(Cl)c2I)C[C@@H](C)O1. The van der Waals surface area contributed by atoms with Crippen molar-refractivity contribution in [1.82, 2.24) is 4.90 Å². The predicted octanol–water partition coefficient (Wildman–Crippen LogP) is 3.85. The van der Waals surface area contributed by atoms with E-state index in [0.29, 0.717) is 28.7 Å². The molecule has 1 aromatic carbocycles. The summed E-state index contributed by atoms with van der Waals surface area (Å²) >= 11 is 14.1. The number of morpholine rings is 1. The summed E-state index contributed by atoms with van der Waals surface area (Å²) in [5.74, 6) is -0.0456. The fourth-order valence-corrected chi connectivity index (χ4v) is 3.26. The van der Waals surface area contributed by atoms with Gasteiger partial charge in [0, 0.05) is 21.7 Å². The maximum atomic E-state index is 12.6. The smallest absolute Gasteiger partial charge is 0.255 e. The first-order valence-corrected chi connectivity index (χ1v) is 7.81. The molecular formula is C13H14Cl2INO2. The fourth-order valence-electron chi connectivity index (χ4n) is 2.23. The van der Waals surface area contributed by atoms with Gasteiger partial charge < -0.3 is 9.64 Å². The second kappa shape index (κ2) is 6.16. The minimum atomic E-state index is -0.0456. The molecule has 0 unspecified atom stereocenters. The van der Waals surface area contributed by atoms with Gasteiger partial charge in [-0.2, -0.15) is 0 Å². The number of halogens is 3. The lowest BCUT2D eigenvalue weighted by Crippen LogP contribution is -2.48. The predicted molar refractivity (Wildman–Crippen MR) is 85.1 cm³/mol. The van der Waals surface area contributed by atoms with Gasteiger partial charge in [-0.05, 0) is 48.6 Å². The van der Waals surface area contributed by atoms with Crippen LogP contribution < -0.4 is 0 Å². The van der Waals surface area contributed by atoms with Crippen LogP contribution in [0.25, 0.3) is 0 Å². The molecule has 1 aromatic rings. The fraction of sp³-hybridized carbons (Fsp3) is 0.462. The van der Waals surface area contributed by atoms with Crippen LogP contribution in [-0.2, 0) is 4.74 Å². The number of hydrogen-bond acceptors (Lipinski definition) is 2. The maximum absolute atomic E-state index is 12.6. The highest BCUT2D eigenvalue weighted by molar-refractivity contribution is 14.1. The number of carbonyl (C=O) groups excluding carboxylic acids is 1. The molecule has 1 heterocycles. The van der Waals surface area contributed by atoms with E-state index in [0.717, 1.165) is 3.57 Å². The molecule has 1 fully saturated rings. The lowest BCUT2D eigenvalue weighted by Gasteiger charge is -2.35. The standard InChI is InChI=1S/C13H14Cl2INO2/c1-7-5-17(6-8(2)19-7)13(18)10-3-9(14)4-11(15)12(10)16/h3-4,7-8H,5-6H2,1-2H3/t7-,8-/m1/s1. The third-order valence-electron chi connectivity index (χ3n) is 2.93. The van der Waals surface area contributed by atoms with Crippen molar-refractivity contribution in [3.8, 4) is 0 Å². The van der Waals surface area contributed by atoms with Gasteiger partial charge in [-0.15, -0.1) is 0 Å². The van der Waals surface area contributed by atoms with Crippen LogP contribution in [0.4, 0.5) is 0 Å². The van der Waals surface area contributed by atoms with Crippen LogP contribution in [0.15, 0.2) is 12.1 Å². The largest absolute Gasteiger partial charge is 0.372 e. The van der Waals surface area contributed by atoms with Crippen molar-refractivity contribution in [2.45, 2.75) is 26.1 Å². The van der Waals surface area contributed by atoms with Crippen LogP contribution in [0.3, 0.4) is 0 Å². The summed E-state index contributed by atoms with van der Waals surface area (Å²) in [5, 5.41) is 0.980. The van der Waals surface area contributed by atoms with E-state index < -0.39 is 0 Å². The van der Waals surface area contributed by atoms with Crippen molar-refractivity contribution < 1.29 is 9.53 Å². The first kappa shape index (κ1) is 15.4. The number of benzene rings is 1. The minimum absolute atomic E-state index is 0.0417. The molecule has 0 N–H and O–H groups in total. The van der Waals surface area contributed by atoms with Gasteiger partial charge in [-0.3, -0.25) is 4.79 Å². The zero-order valence-electron chi connectivity index (χ0n) is 10.6. The Bertz CT molecular complexity index is 500. The minimum Gasteiger partial charge on any atom is -0.372 e. The average molecular weight is 414 g/mol. The molecule has 1 aliphatic heterocycles. The molecule has 1 saturated heterocycles. The maximum Gasteiger partial charge on any atom is 0.255 e. The Kier molecular flexibility index (Phi) is 4.98. The van der Waals surface area contributed by atoms with E-state index in [1.54, 1.807) is 17.0 Å². The Morgan fingerprint density at radius 1 is 1.32 bits per heavy atom. The Morgan fingerprint density at radius 2 is 1.89 bits per heavy atom. The highest BCUT2D eigenvalue weighted by atomic mass is 127. The Labute approximate surface area is 136 Å². The quantitative estimate of drug-likeness (QED) is 0.517. The van der Waals surface area contributed by atoms with Crippen molar-refractivity contribution >= 4 is 51.7 Å². The average Bonchev–Trinajstić information content (AvgIpc) is 2.31. The molecule has 0 bridgehead atoms. The van der Waals surface area contributed by atoms with E-state index in [9.17, 15) is 4.79 Å². The molecule has 0 radical (unpaired) electrons. The van der Waals surface area contributed by atoms with E-state index in [1.807, 2.05) is 13.8 Å². The lowest BCUT2D eigenvalue weighted by atomic mass is 10.1. The Morgan fingerprint density at radius 3 is 2.47 bits per heavy atom. The van der Waals surface area contributed by atoms with Crippen LogP contribution >= 0.6 is 45.8 Å². The summed E-state index contributed by atoms with van der Waals surface area (Å²) < 4.78 is 6.37. The van der Waals surface area contributed by atoms with Crippen molar-refractivity contribution in [2.24, 2.45) is 0 Å². The Balaban J connectivity index is 2.29. The highest BCUT2D eigenvalue weighted by Gasteiger charge is 2.28. The van der Waals surface area contributed by atoms with E-state index in [1.165, 1.54) is 0 Å². The van der Waals surface area contributed by atoms with Crippen LogP contribution in [0, 0.1) is 3.57 Å². The van der Waals surface area contributed by atoms with Gasteiger partial charge >= 0.3 is 0 Å². The van der Waals surface area contributed by atoms with Gasteiger partial charge in [-0.1, -0.05) is 23.2 Å². The molecule has 104 valence electrons. The normalized spacial score (nSPS) is 23.5. The second-order valence-corrected chi connectivity index (χ2v) is 6.64. The van der Waals surface area contributed by atoms with Gasteiger partial charge in [0.15, 0.2) is 0 Å². The zero-order chi connectivity index (χ0) is 14.2. The second-order valence-electron chi connectivity index (χ2n) is 4.72. The summed E-state index contributed by atoms with van der Waals surface area (Å²) in [6.07, 6.45) is 0.0834. The van der Waals surface area contributed by atoms with Gasteiger partial charge in [0.25, 0.3) is 5.91 Å². The van der Waals surface area contributed by atoms with Crippen molar-refractivity contribution in [3.05, 3.63) is 31.3 Å². The monoisotopic (exact) mass is 413 g/mol. The van der Waals surface area contributed by atoms with Gasteiger partial charge in [0.2, 0.25) is 0 Å². The molecular weight excluding hydrogens is 400 g/mol. The van der Waals surface area contributed by atoms with Gasteiger partial charge in [0.1, 0.15) is 0 Å². The highest BCUT2D eigenvalue weighted by Crippen LogP contribution is 2.28. The van der Waals surface area contributed by atoms with Crippen LogP contribution in [0.2, 0.25) is 10.0 Å². The summed E-state index contributed by atoms with van der Waals surface area (Å²) in [5.41, 5.74) is 0.555. The molecule has 0 aromatic heterocycles. The summed E-state index contributed by atoms with van der Waals surface area (Å²) in [7, 11) is 0. The number of ether oxygens (including phenoxy) is 1. The third-order valence-corrected chi connectivity index (χ3v) is 4.93. The third kappa shape index (κ3) is 3.54. The van der Waals surface area contributed by atoms with Crippen molar-refractivity contribution in [3.63, 3.8) is 0 Å². The number of rotatable bonds is 1. The first-order valence-electron chi connectivity index (χ1n) is 5.97. The van der Waals surface area contributed by atoms with Crippen LogP contribution in [0.5, 0.6) is 0 Å². The summed E-state index contributed by atoms with van der Waals surface area (Å²) in [4.78, 5) is 14.4. The molecule has 2 atom stereocenters. The lowest BCUT2D eigenvalue weighted by molar-refractivity contribution is -0.0586. The molecule has 6 heteroatoms. The molecule has 1 aliphatic rings. The molecule has 19 heavy (non-hydrogen) atoms. The molecule has 2 rings (SSSR count). The first-order chi connectivity index (χ1) is 8.88. The van der Waals surface area contributed by atoms with Crippen molar-refractivity contribution in [2.75, 3.05) is 13.1 Å². The van der Waals surface area contributed by atoms with Gasteiger partial charge in [0.05, 0.1) is 22.8 Å². The van der Waals surface area contributed by atoms with Crippen molar-refractivity contribution in [1.29, 1.82) is 0 Å². The number of nitrogens with zero attached hydrogens (tertiary/aromatic N) is 1. The Hall–Kier alpha value is -0.0400. The molecule has 0 spiro atoms. The summed E-state index contributed by atoms with van der Waals surface area (Å²) in [6, 6.07) is 3.31. The molecule has 3 nitrogen and oxygen atoms in total. The van der Waals surface area contributed by atoms with E-state index in [-0.39, 0.29) is 18.1 Å².